The molecule has 0 saturated carbocycles. The Balaban J connectivity index is 2.88. The van der Waals surface area contributed by atoms with Crippen molar-refractivity contribution in [2.24, 2.45) is 0 Å². The van der Waals surface area contributed by atoms with Crippen LogP contribution >= 0.6 is 15.9 Å². The second-order valence-electron chi connectivity index (χ2n) is 2.75. The highest BCUT2D eigenvalue weighted by molar-refractivity contribution is 9.10. The second kappa shape index (κ2) is 5.16. The molecule has 1 aromatic rings. The minimum atomic E-state index is -2.62. The number of pyridine rings is 1. The summed E-state index contributed by atoms with van der Waals surface area (Å²) in [6.07, 6.45) is -1.37. The predicted molar refractivity (Wildman–Crippen MR) is 52.6 cm³/mol. The van der Waals surface area contributed by atoms with Gasteiger partial charge in [0.25, 0.3) is 6.43 Å². The number of hydrogen-bond acceptors (Lipinski definition) is 3. The summed E-state index contributed by atoms with van der Waals surface area (Å²) < 4.78 is 29.3. The van der Waals surface area contributed by atoms with Crippen LogP contribution in [0.1, 0.15) is 17.7 Å². The van der Waals surface area contributed by atoms with Gasteiger partial charge in [-0.3, -0.25) is 9.78 Å². The van der Waals surface area contributed by atoms with Crippen molar-refractivity contribution >= 4 is 21.9 Å². The highest BCUT2D eigenvalue weighted by Gasteiger charge is 2.13. The number of alkyl halides is 2. The van der Waals surface area contributed by atoms with Crippen LogP contribution in [0, 0.1) is 0 Å². The molecule has 1 rings (SSSR count). The summed E-state index contributed by atoms with van der Waals surface area (Å²) in [7, 11) is 1.26. The lowest BCUT2D eigenvalue weighted by atomic mass is 10.2. The van der Waals surface area contributed by atoms with Gasteiger partial charge < -0.3 is 4.74 Å². The zero-order valence-corrected chi connectivity index (χ0v) is 9.42. The molecule has 1 aromatic heterocycles. The Hall–Kier alpha value is -1.04. The van der Waals surface area contributed by atoms with Gasteiger partial charge >= 0.3 is 5.97 Å². The molecule has 6 heteroatoms. The van der Waals surface area contributed by atoms with E-state index in [2.05, 4.69) is 25.7 Å². The summed E-state index contributed by atoms with van der Waals surface area (Å²) in [6, 6.07) is 1.20. The van der Waals surface area contributed by atoms with E-state index in [1.807, 2.05) is 0 Å². The van der Waals surface area contributed by atoms with Crippen LogP contribution in [0.25, 0.3) is 0 Å². The van der Waals surface area contributed by atoms with Gasteiger partial charge in [0.05, 0.1) is 13.5 Å². The van der Waals surface area contributed by atoms with Gasteiger partial charge in [0.1, 0.15) is 5.69 Å². The molecule has 0 fully saturated rings. The summed E-state index contributed by atoms with van der Waals surface area (Å²) >= 11 is 3.09. The first-order valence-electron chi connectivity index (χ1n) is 4.04. The first-order valence-corrected chi connectivity index (χ1v) is 4.83. The van der Waals surface area contributed by atoms with E-state index in [9.17, 15) is 13.6 Å². The van der Waals surface area contributed by atoms with Crippen molar-refractivity contribution in [3.63, 3.8) is 0 Å². The molecule has 0 unspecified atom stereocenters. The van der Waals surface area contributed by atoms with Crippen LogP contribution in [-0.2, 0) is 16.0 Å². The number of carbonyl (C=O) groups is 1. The molecule has 0 spiro atoms. The summed E-state index contributed by atoms with van der Waals surface area (Å²) in [5, 5.41) is 0. The molecule has 0 aliphatic heterocycles. The molecular formula is C9H8BrF2NO2. The predicted octanol–water partition coefficient (Wildman–Crippen LogP) is 2.50. The van der Waals surface area contributed by atoms with Crippen LogP contribution in [0.2, 0.25) is 0 Å². The maximum atomic E-state index is 12.2. The first kappa shape index (κ1) is 12.0. The average molecular weight is 280 g/mol. The average Bonchev–Trinajstić information content (AvgIpc) is 2.20. The fourth-order valence-corrected chi connectivity index (χ4v) is 1.43. The summed E-state index contributed by atoms with van der Waals surface area (Å²) in [5.41, 5.74) is 0.196. The molecule has 0 atom stereocenters. The van der Waals surface area contributed by atoms with E-state index in [0.29, 0.717) is 10.0 Å². The second-order valence-corrected chi connectivity index (χ2v) is 3.61. The molecule has 0 amide bonds. The van der Waals surface area contributed by atoms with E-state index in [1.54, 1.807) is 0 Å². The fraction of sp³-hybridized carbons (Fsp3) is 0.333. The van der Waals surface area contributed by atoms with Gasteiger partial charge in [-0.1, -0.05) is 15.9 Å². The molecule has 0 saturated heterocycles. The number of carbonyl (C=O) groups excluding carboxylic acids is 1. The van der Waals surface area contributed by atoms with Crippen LogP contribution in [0.4, 0.5) is 8.78 Å². The SMILES string of the molecule is COC(=O)Cc1cnc(C(F)F)cc1Br. The van der Waals surface area contributed by atoms with E-state index in [1.165, 1.54) is 19.4 Å². The standard InChI is InChI=1S/C9H8BrF2NO2/c1-15-8(14)2-5-4-13-7(9(11)12)3-6(5)10/h3-4,9H,2H2,1H3. The van der Waals surface area contributed by atoms with E-state index >= 15 is 0 Å². The van der Waals surface area contributed by atoms with E-state index in [4.69, 9.17) is 0 Å². The van der Waals surface area contributed by atoms with E-state index < -0.39 is 12.4 Å². The zero-order chi connectivity index (χ0) is 11.4. The number of ether oxygens (including phenoxy) is 1. The summed E-state index contributed by atoms with van der Waals surface area (Å²) in [6.45, 7) is 0. The molecular weight excluding hydrogens is 272 g/mol. The van der Waals surface area contributed by atoms with Crippen molar-refractivity contribution in [3.8, 4) is 0 Å². The Morgan fingerprint density at radius 3 is 2.80 bits per heavy atom. The van der Waals surface area contributed by atoms with Crippen molar-refractivity contribution in [2.75, 3.05) is 7.11 Å². The number of nitrogens with zero attached hydrogens (tertiary/aromatic N) is 1. The quantitative estimate of drug-likeness (QED) is 0.798. The molecule has 0 aliphatic rings. The number of rotatable bonds is 3. The molecule has 15 heavy (non-hydrogen) atoms. The van der Waals surface area contributed by atoms with Crippen LogP contribution in [0.3, 0.4) is 0 Å². The minimum absolute atomic E-state index is 0.00754. The van der Waals surface area contributed by atoms with E-state index in [0.717, 1.165) is 0 Å². The third kappa shape index (κ3) is 3.23. The lowest BCUT2D eigenvalue weighted by molar-refractivity contribution is -0.139. The number of aromatic nitrogens is 1. The highest BCUT2D eigenvalue weighted by Crippen LogP contribution is 2.23. The fourth-order valence-electron chi connectivity index (χ4n) is 0.951. The van der Waals surface area contributed by atoms with Gasteiger partial charge in [0, 0.05) is 10.7 Å². The van der Waals surface area contributed by atoms with Gasteiger partial charge in [-0.2, -0.15) is 0 Å². The van der Waals surface area contributed by atoms with Gasteiger partial charge in [-0.15, -0.1) is 0 Å². The normalized spacial score (nSPS) is 10.5. The largest absolute Gasteiger partial charge is 0.469 e. The lowest BCUT2D eigenvalue weighted by Gasteiger charge is -2.05. The molecule has 0 bridgehead atoms. The van der Waals surface area contributed by atoms with Gasteiger partial charge in [-0.05, 0) is 11.6 Å². The molecule has 0 aliphatic carbocycles. The van der Waals surface area contributed by atoms with Crippen LogP contribution in [-0.4, -0.2) is 18.1 Å². The Morgan fingerprint density at radius 2 is 2.33 bits per heavy atom. The molecule has 0 aromatic carbocycles. The molecule has 3 nitrogen and oxygen atoms in total. The monoisotopic (exact) mass is 279 g/mol. The third-order valence-electron chi connectivity index (χ3n) is 1.74. The Labute approximate surface area is 93.6 Å². The van der Waals surface area contributed by atoms with Crippen molar-refractivity contribution in [3.05, 3.63) is 28.0 Å². The van der Waals surface area contributed by atoms with Crippen LogP contribution < -0.4 is 0 Å². The summed E-state index contributed by atoms with van der Waals surface area (Å²) in [4.78, 5) is 14.5. The van der Waals surface area contributed by atoms with Gasteiger partial charge in [0.2, 0.25) is 0 Å². The van der Waals surface area contributed by atoms with Crippen molar-refractivity contribution in [1.29, 1.82) is 0 Å². The van der Waals surface area contributed by atoms with Crippen molar-refractivity contribution in [1.82, 2.24) is 4.98 Å². The maximum absolute atomic E-state index is 12.2. The maximum Gasteiger partial charge on any atom is 0.310 e. The number of halogens is 3. The minimum Gasteiger partial charge on any atom is -0.469 e. The molecule has 0 N–H and O–H groups in total. The Kier molecular flexibility index (Phi) is 4.14. The highest BCUT2D eigenvalue weighted by atomic mass is 79.9. The topological polar surface area (TPSA) is 39.2 Å². The zero-order valence-electron chi connectivity index (χ0n) is 7.84. The lowest BCUT2D eigenvalue weighted by Crippen LogP contribution is -2.06. The van der Waals surface area contributed by atoms with Crippen LogP contribution in [0.15, 0.2) is 16.7 Å². The van der Waals surface area contributed by atoms with Crippen molar-refractivity contribution in [2.45, 2.75) is 12.8 Å². The summed E-state index contributed by atoms with van der Waals surface area (Å²) in [5.74, 6) is -0.442. The Bertz CT molecular complexity index is 371. The molecule has 0 radical (unpaired) electrons. The third-order valence-corrected chi connectivity index (χ3v) is 2.48. The number of hydrogen-bond donors (Lipinski definition) is 0. The van der Waals surface area contributed by atoms with Gasteiger partial charge in [0.15, 0.2) is 0 Å². The number of esters is 1. The molecule has 1 heterocycles. The van der Waals surface area contributed by atoms with Crippen LogP contribution in [0.5, 0.6) is 0 Å². The molecule has 82 valence electrons. The Morgan fingerprint density at radius 1 is 1.67 bits per heavy atom. The smallest absolute Gasteiger partial charge is 0.310 e. The number of methoxy groups -OCH3 is 1. The van der Waals surface area contributed by atoms with Crippen molar-refractivity contribution < 1.29 is 18.3 Å². The van der Waals surface area contributed by atoms with Gasteiger partial charge in [-0.25, -0.2) is 8.78 Å². The first-order chi connectivity index (χ1) is 7.04. The van der Waals surface area contributed by atoms with E-state index in [-0.39, 0.29) is 12.1 Å².